The summed E-state index contributed by atoms with van der Waals surface area (Å²) in [5, 5.41) is 2.81. The van der Waals surface area contributed by atoms with E-state index in [1.54, 1.807) is 6.92 Å². The summed E-state index contributed by atoms with van der Waals surface area (Å²) in [6.45, 7) is 7.77. The first-order valence-corrected chi connectivity index (χ1v) is 6.86. The summed E-state index contributed by atoms with van der Waals surface area (Å²) in [6, 6.07) is 8.52. The topological polar surface area (TPSA) is 35.6 Å². The summed E-state index contributed by atoms with van der Waals surface area (Å²) in [6.07, 6.45) is 0. The van der Waals surface area contributed by atoms with Crippen molar-refractivity contribution >= 4 is 5.91 Å². The van der Waals surface area contributed by atoms with Crippen LogP contribution in [0.1, 0.15) is 18.1 Å². The summed E-state index contributed by atoms with van der Waals surface area (Å²) in [5.74, 6) is 0.0153. The van der Waals surface area contributed by atoms with Gasteiger partial charge in [-0.1, -0.05) is 24.3 Å². The first kappa shape index (κ1) is 14.0. The minimum atomic E-state index is 0.0153. The third kappa shape index (κ3) is 4.65. The summed E-state index contributed by atoms with van der Waals surface area (Å²) in [5.41, 5.74) is 2.49. The number of amides is 1. The van der Waals surface area contributed by atoms with E-state index in [1.165, 1.54) is 5.56 Å². The lowest BCUT2D eigenvalue weighted by molar-refractivity contribution is -0.119. The molecule has 19 heavy (non-hydrogen) atoms. The van der Waals surface area contributed by atoms with Gasteiger partial charge in [0.15, 0.2) is 0 Å². The molecule has 1 heterocycles. The number of rotatable bonds is 4. The molecule has 2 rings (SSSR count). The van der Waals surface area contributed by atoms with E-state index in [-0.39, 0.29) is 5.91 Å². The molecule has 0 bridgehead atoms. The van der Waals surface area contributed by atoms with E-state index in [1.807, 2.05) is 0 Å². The van der Waals surface area contributed by atoms with Gasteiger partial charge in [0, 0.05) is 46.2 Å². The molecule has 0 atom stereocenters. The third-order valence-electron chi connectivity index (χ3n) is 3.57. The average Bonchev–Trinajstić information content (AvgIpc) is 2.40. The fraction of sp³-hybridized carbons (Fsp3) is 0.533. The van der Waals surface area contributed by atoms with Gasteiger partial charge in [0.05, 0.1) is 0 Å². The number of nitrogens with zero attached hydrogens (tertiary/aromatic N) is 2. The third-order valence-corrected chi connectivity index (χ3v) is 3.57. The molecule has 0 spiro atoms. The lowest BCUT2D eigenvalue weighted by Crippen LogP contribution is -2.43. The van der Waals surface area contributed by atoms with Gasteiger partial charge in [0.25, 0.3) is 0 Å². The van der Waals surface area contributed by atoms with E-state index in [2.05, 4.69) is 46.4 Å². The summed E-state index contributed by atoms with van der Waals surface area (Å²) < 4.78 is 0. The van der Waals surface area contributed by atoms with Crippen LogP contribution in [0.4, 0.5) is 0 Å². The fourth-order valence-electron chi connectivity index (χ4n) is 2.25. The van der Waals surface area contributed by atoms with E-state index in [0.717, 1.165) is 38.3 Å². The zero-order valence-corrected chi connectivity index (χ0v) is 11.9. The lowest BCUT2D eigenvalue weighted by atomic mass is 10.1. The first-order valence-electron chi connectivity index (χ1n) is 6.86. The van der Waals surface area contributed by atoms with Crippen LogP contribution in [0.3, 0.4) is 0 Å². The Bertz CT molecular complexity index is 408. The van der Waals surface area contributed by atoms with Crippen molar-refractivity contribution < 1.29 is 4.79 Å². The molecule has 1 N–H and O–H groups in total. The van der Waals surface area contributed by atoms with Crippen molar-refractivity contribution in [2.45, 2.75) is 20.0 Å². The highest BCUT2D eigenvalue weighted by atomic mass is 16.1. The van der Waals surface area contributed by atoms with Gasteiger partial charge < -0.3 is 10.2 Å². The van der Waals surface area contributed by atoms with E-state index >= 15 is 0 Å². The predicted octanol–water partition coefficient (Wildman–Crippen LogP) is 1.07. The Morgan fingerprint density at radius 1 is 1.11 bits per heavy atom. The standard InChI is InChI=1S/C15H23N3O/c1-13(19)16-11-14-3-5-15(6-4-14)12-18-9-7-17(2)8-10-18/h3-6H,7-12H2,1-2H3,(H,16,19). The van der Waals surface area contributed by atoms with Gasteiger partial charge in [-0.15, -0.1) is 0 Å². The van der Waals surface area contributed by atoms with E-state index in [9.17, 15) is 4.79 Å². The molecule has 1 aliphatic rings. The lowest BCUT2D eigenvalue weighted by Gasteiger charge is -2.32. The Morgan fingerprint density at radius 3 is 2.26 bits per heavy atom. The van der Waals surface area contributed by atoms with Gasteiger partial charge in [-0.3, -0.25) is 9.69 Å². The molecule has 1 amide bonds. The molecule has 0 radical (unpaired) electrons. The Morgan fingerprint density at radius 2 is 1.68 bits per heavy atom. The largest absolute Gasteiger partial charge is 0.352 e. The first-order chi connectivity index (χ1) is 9.13. The number of piperazine rings is 1. The number of hydrogen-bond donors (Lipinski definition) is 1. The van der Waals surface area contributed by atoms with Crippen molar-refractivity contribution in [1.29, 1.82) is 0 Å². The normalized spacial score (nSPS) is 17.4. The van der Waals surface area contributed by atoms with Crippen molar-refractivity contribution in [3.8, 4) is 0 Å². The Labute approximate surface area is 115 Å². The quantitative estimate of drug-likeness (QED) is 0.880. The van der Waals surface area contributed by atoms with Gasteiger partial charge >= 0.3 is 0 Å². The van der Waals surface area contributed by atoms with Gasteiger partial charge in [-0.2, -0.15) is 0 Å². The van der Waals surface area contributed by atoms with Crippen molar-refractivity contribution in [2.75, 3.05) is 33.2 Å². The number of benzene rings is 1. The monoisotopic (exact) mass is 261 g/mol. The molecular weight excluding hydrogens is 238 g/mol. The van der Waals surface area contributed by atoms with Gasteiger partial charge in [-0.25, -0.2) is 0 Å². The van der Waals surface area contributed by atoms with E-state index in [0.29, 0.717) is 6.54 Å². The summed E-state index contributed by atoms with van der Waals surface area (Å²) >= 11 is 0. The van der Waals surface area contributed by atoms with Crippen LogP contribution in [0.5, 0.6) is 0 Å². The minimum absolute atomic E-state index is 0.0153. The molecule has 0 aromatic heterocycles. The molecular formula is C15H23N3O. The second kappa shape index (κ2) is 6.68. The molecule has 0 saturated carbocycles. The van der Waals surface area contributed by atoms with Gasteiger partial charge in [0.2, 0.25) is 5.91 Å². The smallest absolute Gasteiger partial charge is 0.217 e. The number of nitrogens with one attached hydrogen (secondary N) is 1. The Hall–Kier alpha value is -1.39. The second-order valence-corrected chi connectivity index (χ2v) is 5.31. The number of likely N-dealkylation sites (N-methyl/N-ethyl adjacent to an activating group) is 1. The molecule has 4 nitrogen and oxygen atoms in total. The maximum absolute atomic E-state index is 10.9. The number of carbonyl (C=O) groups is 1. The van der Waals surface area contributed by atoms with Crippen LogP contribution < -0.4 is 5.32 Å². The van der Waals surface area contributed by atoms with E-state index in [4.69, 9.17) is 0 Å². The SMILES string of the molecule is CC(=O)NCc1ccc(CN2CCN(C)CC2)cc1. The molecule has 1 fully saturated rings. The van der Waals surface area contributed by atoms with Gasteiger partial charge in [0.1, 0.15) is 0 Å². The molecule has 0 aliphatic carbocycles. The van der Waals surface area contributed by atoms with Crippen molar-refractivity contribution in [3.05, 3.63) is 35.4 Å². The maximum atomic E-state index is 10.9. The van der Waals surface area contributed by atoms with Crippen molar-refractivity contribution in [1.82, 2.24) is 15.1 Å². The fourth-order valence-corrected chi connectivity index (χ4v) is 2.25. The molecule has 1 aromatic rings. The Balaban J connectivity index is 1.83. The second-order valence-electron chi connectivity index (χ2n) is 5.31. The molecule has 104 valence electrons. The maximum Gasteiger partial charge on any atom is 0.217 e. The van der Waals surface area contributed by atoms with Crippen LogP contribution in [0.2, 0.25) is 0 Å². The molecule has 1 aliphatic heterocycles. The van der Waals surface area contributed by atoms with Crippen molar-refractivity contribution in [2.24, 2.45) is 0 Å². The molecule has 0 unspecified atom stereocenters. The van der Waals surface area contributed by atoms with Crippen LogP contribution in [0, 0.1) is 0 Å². The molecule has 1 saturated heterocycles. The van der Waals surface area contributed by atoms with Crippen LogP contribution in [-0.4, -0.2) is 48.9 Å². The highest BCUT2D eigenvalue weighted by Crippen LogP contribution is 2.09. The molecule has 4 heteroatoms. The summed E-state index contributed by atoms with van der Waals surface area (Å²) in [7, 11) is 2.17. The average molecular weight is 261 g/mol. The predicted molar refractivity (Wildman–Crippen MR) is 76.7 cm³/mol. The van der Waals surface area contributed by atoms with Crippen LogP contribution in [0.15, 0.2) is 24.3 Å². The molecule has 1 aromatic carbocycles. The summed E-state index contributed by atoms with van der Waals surface area (Å²) in [4.78, 5) is 15.7. The zero-order chi connectivity index (χ0) is 13.7. The Kier molecular flexibility index (Phi) is 4.93. The van der Waals surface area contributed by atoms with Crippen LogP contribution in [-0.2, 0) is 17.9 Å². The number of hydrogen-bond acceptors (Lipinski definition) is 3. The van der Waals surface area contributed by atoms with E-state index < -0.39 is 0 Å². The minimum Gasteiger partial charge on any atom is -0.352 e. The highest BCUT2D eigenvalue weighted by Gasteiger charge is 2.13. The van der Waals surface area contributed by atoms with Gasteiger partial charge in [-0.05, 0) is 18.2 Å². The zero-order valence-electron chi connectivity index (χ0n) is 11.9. The number of carbonyl (C=O) groups excluding carboxylic acids is 1. The van der Waals surface area contributed by atoms with Crippen molar-refractivity contribution in [3.63, 3.8) is 0 Å². The highest BCUT2D eigenvalue weighted by molar-refractivity contribution is 5.72. The van der Waals surface area contributed by atoms with Crippen LogP contribution in [0.25, 0.3) is 0 Å². The van der Waals surface area contributed by atoms with Crippen LogP contribution >= 0.6 is 0 Å².